The number of rotatable bonds is 7. The molecule has 2 fully saturated rings. The van der Waals surface area contributed by atoms with Crippen molar-refractivity contribution >= 4 is 16.9 Å². The number of aromatic nitrogens is 2. The molecule has 2 aromatic heterocycles. The molecule has 1 aromatic carbocycles. The number of aliphatic hydroxyl groups is 1. The predicted molar refractivity (Wildman–Crippen MR) is 148 cm³/mol. The van der Waals surface area contributed by atoms with Gasteiger partial charge in [-0.3, -0.25) is 15.1 Å². The van der Waals surface area contributed by atoms with Gasteiger partial charge in [-0.15, -0.1) is 0 Å². The smallest absolute Gasteiger partial charge is 0.163 e. The van der Waals surface area contributed by atoms with Gasteiger partial charge in [-0.1, -0.05) is 12.1 Å². The molecule has 5 rings (SSSR count). The largest absolute Gasteiger partial charge is 0.369 e. The molecule has 1 atom stereocenters. The lowest BCUT2D eigenvalue weighted by atomic mass is 10.1. The second kappa shape index (κ2) is 10.8. The van der Waals surface area contributed by atoms with E-state index in [2.05, 4.69) is 100 Å². The molecule has 2 aliphatic rings. The summed E-state index contributed by atoms with van der Waals surface area (Å²) in [5.74, 6) is 0. The van der Waals surface area contributed by atoms with Crippen LogP contribution in [0.4, 0.5) is 11.4 Å². The van der Waals surface area contributed by atoms with E-state index in [1.807, 2.05) is 10.7 Å². The minimum absolute atomic E-state index is 0.251. The first-order valence-corrected chi connectivity index (χ1v) is 13.4. The average molecular weight is 492 g/mol. The van der Waals surface area contributed by atoms with Gasteiger partial charge in [-0.2, -0.15) is 5.10 Å². The highest BCUT2D eigenvalue weighted by molar-refractivity contribution is 5.80. The Morgan fingerprint density at radius 2 is 1.42 bits per heavy atom. The third-order valence-corrected chi connectivity index (χ3v) is 7.58. The molecular weight excluding hydrogens is 450 g/mol. The van der Waals surface area contributed by atoms with Crippen molar-refractivity contribution in [3.05, 3.63) is 48.8 Å². The van der Waals surface area contributed by atoms with Crippen LogP contribution in [0.3, 0.4) is 0 Å². The highest BCUT2D eigenvalue weighted by Gasteiger charge is 2.24. The SMILES string of the molecule is CC(C)NC(O)N1CCN(c2ccnn3cc(-c4ccc(N5CCN(C(C)C)CC5)cc4)cc23)CC1. The first-order valence-electron chi connectivity index (χ1n) is 13.4. The number of benzene rings is 1. The lowest BCUT2D eigenvalue weighted by Crippen LogP contribution is -2.56. The van der Waals surface area contributed by atoms with Crippen LogP contribution in [0.15, 0.2) is 48.8 Å². The van der Waals surface area contributed by atoms with Crippen molar-refractivity contribution in [2.24, 2.45) is 0 Å². The third-order valence-electron chi connectivity index (χ3n) is 7.58. The van der Waals surface area contributed by atoms with Crippen LogP contribution >= 0.6 is 0 Å². The molecule has 8 heteroatoms. The molecule has 0 radical (unpaired) electrons. The van der Waals surface area contributed by atoms with E-state index in [4.69, 9.17) is 0 Å². The van der Waals surface area contributed by atoms with Gasteiger partial charge in [-0.25, -0.2) is 4.52 Å². The first-order chi connectivity index (χ1) is 17.4. The van der Waals surface area contributed by atoms with Gasteiger partial charge in [0.15, 0.2) is 6.35 Å². The van der Waals surface area contributed by atoms with Gasteiger partial charge >= 0.3 is 0 Å². The van der Waals surface area contributed by atoms with Gasteiger partial charge < -0.3 is 14.9 Å². The normalized spacial score (nSPS) is 19.1. The summed E-state index contributed by atoms with van der Waals surface area (Å²) in [6.07, 6.45) is 3.42. The number of nitrogens with one attached hydrogen (secondary N) is 1. The van der Waals surface area contributed by atoms with Gasteiger partial charge in [0, 0.05) is 88.1 Å². The minimum Gasteiger partial charge on any atom is -0.369 e. The third kappa shape index (κ3) is 5.37. The molecule has 1 unspecified atom stereocenters. The molecule has 0 bridgehead atoms. The van der Waals surface area contributed by atoms with Gasteiger partial charge in [0.1, 0.15) is 0 Å². The van der Waals surface area contributed by atoms with Crippen LogP contribution in [0.1, 0.15) is 27.7 Å². The molecule has 0 saturated carbocycles. The molecule has 36 heavy (non-hydrogen) atoms. The maximum atomic E-state index is 10.4. The van der Waals surface area contributed by atoms with Crippen LogP contribution in [0.2, 0.25) is 0 Å². The van der Waals surface area contributed by atoms with E-state index in [0.29, 0.717) is 6.04 Å². The summed E-state index contributed by atoms with van der Waals surface area (Å²) in [4.78, 5) is 9.54. The molecule has 0 amide bonds. The first kappa shape index (κ1) is 25.0. The molecule has 8 nitrogen and oxygen atoms in total. The Kier molecular flexibility index (Phi) is 7.48. The summed E-state index contributed by atoms with van der Waals surface area (Å²) in [5, 5.41) is 18.2. The number of hydrogen-bond acceptors (Lipinski definition) is 7. The summed E-state index contributed by atoms with van der Waals surface area (Å²) in [7, 11) is 0. The summed E-state index contributed by atoms with van der Waals surface area (Å²) >= 11 is 0. The fourth-order valence-corrected chi connectivity index (χ4v) is 5.40. The Labute approximate surface area is 215 Å². The van der Waals surface area contributed by atoms with E-state index in [1.165, 1.54) is 22.5 Å². The van der Waals surface area contributed by atoms with E-state index in [0.717, 1.165) is 57.9 Å². The van der Waals surface area contributed by atoms with Crippen molar-refractivity contribution in [2.75, 3.05) is 62.2 Å². The quantitative estimate of drug-likeness (QED) is 0.493. The van der Waals surface area contributed by atoms with Crippen molar-refractivity contribution in [1.82, 2.24) is 24.7 Å². The van der Waals surface area contributed by atoms with E-state index in [1.54, 1.807) is 0 Å². The van der Waals surface area contributed by atoms with Gasteiger partial charge in [0.2, 0.25) is 0 Å². The fourth-order valence-electron chi connectivity index (χ4n) is 5.40. The van der Waals surface area contributed by atoms with Crippen LogP contribution in [0.25, 0.3) is 16.6 Å². The lowest BCUT2D eigenvalue weighted by molar-refractivity contribution is -0.0302. The summed E-state index contributed by atoms with van der Waals surface area (Å²) in [6.45, 7) is 16.5. The van der Waals surface area contributed by atoms with Gasteiger partial charge in [-0.05, 0) is 57.5 Å². The van der Waals surface area contributed by atoms with Crippen molar-refractivity contribution in [1.29, 1.82) is 0 Å². The van der Waals surface area contributed by atoms with Crippen LogP contribution in [0.5, 0.6) is 0 Å². The Morgan fingerprint density at radius 1 is 0.778 bits per heavy atom. The van der Waals surface area contributed by atoms with Crippen molar-refractivity contribution in [3.63, 3.8) is 0 Å². The molecule has 194 valence electrons. The van der Waals surface area contributed by atoms with Gasteiger partial charge in [0.25, 0.3) is 0 Å². The fraction of sp³-hybridized carbons (Fsp3) is 0.536. The van der Waals surface area contributed by atoms with Crippen LogP contribution in [0, 0.1) is 0 Å². The second-order valence-electron chi connectivity index (χ2n) is 10.7. The van der Waals surface area contributed by atoms with Gasteiger partial charge in [0.05, 0.1) is 11.2 Å². The number of aliphatic hydroxyl groups excluding tert-OH is 1. The molecule has 2 N–H and O–H groups in total. The summed E-state index contributed by atoms with van der Waals surface area (Å²) in [5.41, 5.74) is 6.01. The van der Waals surface area contributed by atoms with Crippen molar-refractivity contribution in [2.45, 2.75) is 46.1 Å². The van der Waals surface area contributed by atoms with Crippen molar-refractivity contribution < 1.29 is 5.11 Å². The van der Waals surface area contributed by atoms with E-state index in [9.17, 15) is 5.11 Å². The Hall–Kier alpha value is -2.65. The molecule has 3 aromatic rings. The van der Waals surface area contributed by atoms with E-state index in [-0.39, 0.29) is 6.04 Å². The number of hydrogen-bond donors (Lipinski definition) is 2. The zero-order valence-electron chi connectivity index (χ0n) is 22.1. The van der Waals surface area contributed by atoms with Crippen LogP contribution < -0.4 is 15.1 Å². The highest BCUT2D eigenvalue weighted by atomic mass is 16.3. The zero-order chi connectivity index (χ0) is 25.2. The maximum absolute atomic E-state index is 10.4. The lowest BCUT2D eigenvalue weighted by Gasteiger charge is -2.39. The van der Waals surface area contributed by atoms with E-state index >= 15 is 0 Å². The van der Waals surface area contributed by atoms with Crippen LogP contribution in [-0.4, -0.2) is 95.3 Å². The standard InChI is InChI=1S/C28H41N7O/c1-21(2)30-28(36)34-17-15-33(16-18-34)26-9-10-29-35-20-24(19-27(26)35)23-5-7-25(8-6-23)32-13-11-31(12-14-32)22(3)4/h5-10,19-22,28,30,36H,11-18H2,1-4H3. The average Bonchev–Trinajstić information content (AvgIpc) is 3.33. The number of fused-ring (bicyclic) bond motifs is 1. The highest BCUT2D eigenvalue weighted by Crippen LogP contribution is 2.30. The molecule has 0 aliphatic carbocycles. The number of piperazine rings is 2. The monoisotopic (exact) mass is 491 g/mol. The molecule has 2 aliphatic heterocycles. The number of nitrogens with zero attached hydrogens (tertiary/aromatic N) is 6. The molecule has 0 spiro atoms. The Bertz CT molecular complexity index is 1130. The maximum Gasteiger partial charge on any atom is 0.163 e. The summed E-state index contributed by atoms with van der Waals surface area (Å²) < 4.78 is 1.99. The topological polar surface area (TPSA) is 62.5 Å². The Balaban J connectivity index is 1.28. The minimum atomic E-state index is -0.591. The number of anilines is 2. The van der Waals surface area contributed by atoms with Crippen molar-refractivity contribution in [3.8, 4) is 11.1 Å². The van der Waals surface area contributed by atoms with Crippen LogP contribution in [-0.2, 0) is 0 Å². The predicted octanol–water partition coefficient (Wildman–Crippen LogP) is 2.93. The summed E-state index contributed by atoms with van der Waals surface area (Å²) in [6, 6.07) is 14.2. The Morgan fingerprint density at radius 3 is 2.06 bits per heavy atom. The molecular formula is C28H41N7O. The molecule has 2 saturated heterocycles. The zero-order valence-corrected chi connectivity index (χ0v) is 22.1. The second-order valence-corrected chi connectivity index (χ2v) is 10.7. The van der Waals surface area contributed by atoms with E-state index < -0.39 is 6.35 Å². The molecule has 4 heterocycles.